The molecule has 2 nitrogen and oxygen atoms in total. The Labute approximate surface area is 131 Å². The number of methoxy groups -OCH3 is 1. The number of aliphatic hydroxyl groups excluding tert-OH is 1. The minimum atomic E-state index is 0.0937. The van der Waals surface area contributed by atoms with Crippen molar-refractivity contribution in [2.24, 2.45) is 0 Å². The topological polar surface area (TPSA) is 29.5 Å². The highest BCUT2D eigenvalue weighted by molar-refractivity contribution is 5.38. The largest absolute Gasteiger partial charge is 0.512 e. The van der Waals surface area contributed by atoms with Crippen LogP contribution in [0.25, 0.3) is 0 Å². The molecular formula is C20H20O2. The summed E-state index contributed by atoms with van der Waals surface area (Å²) in [5.74, 6) is 1.40. The third kappa shape index (κ3) is 3.06. The highest BCUT2D eigenvalue weighted by Gasteiger charge is 2.25. The van der Waals surface area contributed by atoms with Gasteiger partial charge < -0.3 is 9.84 Å². The van der Waals surface area contributed by atoms with Crippen molar-refractivity contribution >= 4 is 0 Å². The summed E-state index contributed by atoms with van der Waals surface area (Å²) >= 11 is 0. The molecule has 0 aliphatic heterocycles. The molecule has 0 bridgehead atoms. The minimum absolute atomic E-state index is 0.0937. The molecule has 0 heterocycles. The van der Waals surface area contributed by atoms with E-state index < -0.39 is 0 Å². The van der Waals surface area contributed by atoms with Gasteiger partial charge in [-0.3, -0.25) is 0 Å². The predicted molar refractivity (Wildman–Crippen MR) is 88.8 cm³/mol. The molecule has 0 saturated carbocycles. The maximum Gasteiger partial charge on any atom is 0.0997 e. The van der Waals surface area contributed by atoms with E-state index in [-0.39, 0.29) is 11.8 Å². The molecule has 0 fully saturated rings. The Morgan fingerprint density at radius 1 is 0.818 bits per heavy atom. The average Bonchev–Trinajstić information content (AvgIpc) is 2.75. The summed E-state index contributed by atoms with van der Waals surface area (Å²) in [4.78, 5) is 0. The first-order valence-electron chi connectivity index (χ1n) is 7.52. The van der Waals surface area contributed by atoms with E-state index in [1.54, 1.807) is 7.11 Å². The number of hydrogen-bond acceptors (Lipinski definition) is 2. The molecule has 2 aromatic rings. The van der Waals surface area contributed by atoms with Crippen LogP contribution >= 0.6 is 0 Å². The number of ether oxygens (including phenoxy) is 1. The Kier molecular flexibility index (Phi) is 4.29. The lowest BCUT2D eigenvalue weighted by molar-refractivity contribution is 0.265. The number of allylic oxidation sites excluding steroid dienone is 2. The number of rotatable bonds is 3. The molecule has 112 valence electrons. The van der Waals surface area contributed by atoms with E-state index in [0.717, 1.165) is 5.76 Å². The smallest absolute Gasteiger partial charge is 0.0997 e. The lowest BCUT2D eigenvalue weighted by Gasteiger charge is -2.22. The lowest BCUT2D eigenvalue weighted by atomic mass is 9.81. The maximum absolute atomic E-state index is 10.2. The van der Waals surface area contributed by atoms with Crippen molar-refractivity contribution in [1.82, 2.24) is 0 Å². The zero-order valence-electron chi connectivity index (χ0n) is 12.6. The van der Waals surface area contributed by atoms with Crippen molar-refractivity contribution in [2.45, 2.75) is 18.3 Å². The van der Waals surface area contributed by atoms with Gasteiger partial charge >= 0.3 is 0 Å². The van der Waals surface area contributed by atoms with Gasteiger partial charge in [0.2, 0.25) is 0 Å². The molecular weight excluding hydrogens is 272 g/mol. The first-order valence-corrected chi connectivity index (χ1v) is 7.52. The van der Waals surface area contributed by atoms with Gasteiger partial charge in [-0.25, -0.2) is 0 Å². The first kappa shape index (κ1) is 14.5. The second-order valence-corrected chi connectivity index (χ2v) is 5.54. The molecule has 3 rings (SSSR count). The highest BCUT2D eigenvalue weighted by Crippen LogP contribution is 2.39. The fourth-order valence-electron chi connectivity index (χ4n) is 3.01. The minimum Gasteiger partial charge on any atom is -0.512 e. The standard InChI is InChI=1S/C20H20O2/c1-22-18-12-17(21)13-19(15-8-4-2-5-9-15)20(14-18)16-10-6-3-7-11-16/h2-11,13-14,19-21H,12H2,1H3/t19-,20+/m1/s1. The molecule has 1 aliphatic carbocycles. The van der Waals surface area contributed by atoms with Gasteiger partial charge in [0, 0.05) is 11.8 Å². The van der Waals surface area contributed by atoms with E-state index in [0.29, 0.717) is 12.2 Å². The summed E-state index contributed by atoms with van der Waals surface area (Å²) in [6.45, 7) is 0. The molecule has 0 spiro atoms. The third-order valence-corrected chi connectivity index (χ3v) is 4.11. The van der Waals surface area contributed by atoms with Crippen LogP contribution in [0.5, 0.6) is 0 Å². The van der Waals surface area contributed by atoms with Gasteiger partial charge in [0.15, 0.2) is 0 Å². The van der Waals surface area contributed by atoms with Crippen molar-refractivity contribution in [2.75, 3.05) is 7.11 Å². The Morgan fingerprint density at radius 2 is 1.32 bits per heavy atom. The van der Waals surface area contributed by atoms with Gasteiger partial charge in [0.1, 0.15) is 0 Å². The molecule has 0 amide bonds. The van der Waals surface area contributed by atoms with Crippen LogP contribution < -0.4 is 0 Å². The van der Waals surface area contributed by atoms with Gasteiger partial charge in [0.25, 0.3) is 0 Å². The van der Waals surface area contributed by atoms with Gasteiger partial charge in [-0.05, 0) is 23.3 Å². The number of benzene rings is 2. The molecule has 2 aromatic carbocycles. The van der Waals surface area contributed by atoms with Crippen molar-refractivity contribution in [3.63, 3.8) is 0 Å². The van der Waals surface area contributed by atoms with Crippen molar-refractivity contribution < 1.29 is 9.84 Å². The molecule has 2 heteroatoms. The number of hydrogen-bond donors (Lipinski definition) is 1. The molecule has 1 aliphatic rings. The zero-order chi connectivity index (χ0) is 15.4. The van der Waals surface area contributed by atoms with Gasteiger partial charge in [-0.15, -0.1) is 0 Å². The van der Waals surface area contributed by atoms with Crippen LogP contribution in [0.4, 0.5) is 0 Å². The highest BCUT2D eigenvalue weighted by atomic mass is 16.5. The summed E-state index contributed by atoms with van der Waals surface area (Å²) in [5.41, 5.74) is 2.41. The van der Waals surface area contributed by atoms with Gasteiger partial charge in [-0.1, -0.05) is 60.7 Å². The maximum atomic E-state index is 10.2. The molecule has 1 N–H and O–H groups in total. The quantitative estimate of drug-likeness (QED) is 0.869. The Morgan fingerprint density at radius 3 is 1.82 bits per heavy atom. The van der Waals surface area contributed by atoms with Crippen LogP contribution in [-0.4, -0.2) is 12.2 Å². The van der Waals surface area contributed by atoms with Crippen LogP contribution in [0.2, 0.25) is 0 Å². The van der Waals surface area contributed by atoms with Crippen molar-refractivity contribution in [3.05, 3.63) is 95.5 Å². The fourth-order valence-corrected chi connectivity index (χ4v) is 3.01. The molecule has 22 heavy (non-hydrogen) atoms. The molecule has 0 unspecified atom stereocenters. The van der Waals surface area contributed by atoms with E-state index in [4.69, 9.17) is 4.74 Å². The average molecular weight is 292 g/mol. The Hall–Kier alpha value is -2.48. The Bertz CT molecular complexity index is 671. The normalized spacial score (nSPS) is 21.5. The summed E-state index contributed by atoms with van der Waals surface area (Å²) in [6, 6.07) is 20.7. The monoisotopic (exact) mass is 292 g/mol. The summed E-state index contributed by atoms with van der Waals surface area (Å²) in [6.07, 6.45) is 4.53. The summed E-state index contributed by atoms with van der Waals surface area (Å²) in [7, 11) is 1.66. The Balaban J connectivity index is 2.10. The third-order valence-electron chi connectivity index (χ3n) is 4.11. The molecule has 0 radical (unpaired) electrons. The zero-order valence-corrected chi connectivity index (χ0v) is 12.6. The van der Waals surface area contributed by atoms with Crippen molar-refractivity contribution in [3.8, 4) is 0 Å². The molecule has 0 aromatic heterocycles. The van der Waals surface area contributed by atoms with E-state index in [2.05, 4.69) is 30.3 Å². The SMILES string of the molecule is COC1=C[C@@H](c2ccccc2)[C@@H](c2ccccc2)C=C(O)C1. The van der Waals surface area contributed by atoms with Crippen LogP contribution in [0.1, 0.15) is 29.4 Å². The van der Waals surface area contributed by atoms with E-state index in [1.807, 2.05) is 42.5 Å². The summed E-state index contributed by atoms with van der Waals surface area (Å²) in [5, 5.41) is 10.2. The number of aliphatic hydroxyl groups is 1. The van der Waals surface area contributed by atoms with E-state index in [9.17, 15) is 5.11 Å². The van der Waals surface area contributed by atoms with Crippen LogP contribution in [-0.2, 0) is 4.74 Å². The van der Waals surface area contributed by atoms with E-state index >= 15 is 0 Å². The van der Waals surface area contributed by atoms with Crippen LogP contribution in [0, 0.1) is 0 Å². The molecule has 2 atom stereocenters. The first-order chi connectivity index (χ1) is 10.8. The molecule has 0 saturated heterocycles. The van der Waals surface area contributed by atoms with E-state index in [1.165, 1.54) is 11.1 Å². The second-order valence-electron chi connectivity index (χ2n) is 5.54. The predicted octanol–water partition coefficient (Wildman–Crippen LogP) is 4.93. The lowest BCUT2D eigenvalue weighted by Crippen LogP contribution is -2.07. The van der Waals surface area contributed by atoms with Crippen LogP contribution in [0.15, 0.2) is 84.3 Å². The van der Waals surface area contributed by atoms with Crippen LogP contribution in [0.3, 0.4) is 0 Å². The van der Waals surface area contributed by atoms with Gasteiger partial charge in [-0.2, -0.15) is 0 Å². The fraction of sp³-hybridized carbons (Fsp3) is 0.200. The van der Waals surface area contributed by atoms with Crippen molar-refractivity contribution in [1.29, 1.82) is 0 Å². The van der Waals surface area contributed by atoms with Gasteiger partial charge in [0.05, 0.1) is 25.0 Å². The second kappa shape index (κ2) is 6.52. The summed E-state index contributed by atoms with van der Waals surface area (Å²) < 4.78 is 5.44.